The zero-order valence-corrected chi connectivity index (χ0v) is 11.9. The van der Waals surface area contributed by atoms with Crippen LogP contribution in [0.5, 0.6) is 0 Å². The average molecular weight is 265 g/mol. The van der Waals surface area contributed by atoms with Gasteiger partial charge in [0.2, 0.25) is 5.95 Å². The second-order valence-electron chi connectivity index (χ2n) is 4.43. The van der Waals surface area contributed by atoms with E-state index in [0.29, 0.717) is 10.8 Å². The highest BCUT2D eigenvalue weighted by molar-refractivity contribution is 6.33. The highest BCUT2D eigenvalue weighted by atomic mass is 35.5. The summed E-state index contributed by atoms with van der Waals surface area (Å²) in [6.07, 6.45) is 0. The first kappa shape index (κ1) is 12.9. The molecule has 96 valence electrons. The van der Waals surface area contributed by atoms with E-state index in [4.69, 9.17) is 11.6 Å². The van der Waals surface area contributed by atoms with E-state index in [1.807, 2.05) is 55.7 Å². The van der Waals surface area contributed by atoms with Crippen molar-refractivity contribution in [2.75, 3.05) is 19.0 Å². The summed E-state index contributed by atoms with van der Waals surface area (Å²) in [6, 6.07) is 5.88. The molecule has 0 atom stereocenters. The Morgan fingerprint density at radius 2 is 2.06 bits per heavy atom. The number of hydrogen-bond donors (Lipinski definition) is 0. The molecule has 0 amide bonds. The predicted molar refractivity (Wildman–Crippen MR) is 75.2 cm³/mol. The molecule has 2 aromatic rings. The third kappa shape index (κ3) is 2.34. The first-order valence-electron chi connectivity index (χ1n) is 5.91. The summed E-state index contributed by atoms with van der Waals surface area (Å²) in [5, 5.41) is 5.18. The Labute approximate surface area is 112 Å². The lowest BCUT2D eigenvalue weighted by Crippen LogP contribution is -2.15. The minimum absolute atomic E-state index is 0.675. The van der Waals surface area contributed by atoms with Crippen molar-refractivity contribution in [3.8, 4) is 11.4 Å². The number of anilines is 1. The molecule has 0 spiro atoms. The van der Waals surface area contributed by atoms with Crippen LogP contribution < -0.4 is 4.90 Å². The lowest BCUT2D eigenvalue weighted by atomic mass is 10.1. The van der Waals surface area contributed by atoms with Crippen LogP contribution in [-0.4, -0.2) is 28.9 Å². The van der Waals surface area contributed by atoms with E-state index in [2.05, 4.69) is 10.1 Å². The summed E-state index contributed by atoms with van der Waals surface area (Å²) in [4.78, 5) is 6.49. The van der Waals surface area contributed by atoms with E-state index in [-0.39, 0.29) is 0 Å². The van der Waals surface area contributed by atoms with Gasteiger partial charge in [0.05, 0.1) is 5.02 Å². The van der Waals surface area contributed by atoms with E-state index >= 15 is 0 Å². The lowest BCUT2D eigenvalue weighted by Gasteiger charge is -2.10. The molecule has 0 saturated heterocycles. The lowest BCUT2D eigenvalue weighted by molar-refractivity contribution is 0.654. The minimum Gasteiger partial charge on any atom is -0.347 e. The first-order chi connectivity index (χ1) is 8.52. The number of aromatic nitrogens is 3. The minimum atomic E-state index is 0.675. The summed E-state index contributed by atoms with van der Waals surface area (Å²) >= 11 is 6.21. The largest absolute Gasteiger partial charge is 0.347 e. The topological polar surface area (TPSA) is 34.0 Å². The van der Waals surface area contributed by atoms with Gasteiger partial charge in [-0.3, -0.25) is 0 Å². The van der Waals surface area contributed by atoms with Crippen molar-refractivity contribution in [1.29, 1.82) is 0 Å². The molecular formula is C13H17ClN4. The van der Waals surface area contributed by atoms with Gasteiger partial charge in [-0.05, 0) is 26.0 Å². The van der Waals surface area contributed by atoms with Crippen LogP contribution in [0, 0.1) is 6.92 Å². The second-order valence-corrected chi connectivity index (χ2v) is 4.84. The molecule has 18 heavy (non-hydrogen) atoms. The molecule has 0 N–H and O–H groups in total. The number of hydrogen-bond acceptors (Lipinski definition) is 3. The number of halogens is 1. The van der Waals surface area contributed by atoms with E-state index in [1.54, 1.807) is 0 Å². The smallest absolute Gasteiger partial charge is 0.223 e. The molecule has 5 heteroatoms. The van der Waals surface area contributed by atoms with Gasteiger partial charge in [-0.25, -0.2) is 4.68 Å². The summed E-state index contributed by atoms with van der Waals surface area (Å²) < 4.78 is 1.87. The average Bonchev–Trinajstić information content (AvgIpc) is 2.76. The van der Waals surface area contributed by atoms with Crippen molar-refractivity contribution in [2.24, 2.45) is 0 Å². The van der Waals surface area contributed by atoms with E-state index in [1.165, 1.54) is 0 Å². The van der Waals surface area contributed by atoms with Crippen LogP contribution in [-0.2, 0) is 6.54 Å². The van der Waals surface area contributed by atoms with Crippen molar-refractivity contribution >= 4 is 17.5 Å². The van der Waals surface area contributed by atoms with Crippen LogP contribution in [0.15, 0.2) is 18.2 Å². The fourth-order valence-corrected chi connectivity index (χ4v) is 2.00. The number of nitrogens with zero attached hydrogens (tertiary/aromatic N) is 4. The Morgan fingerprint density at radius 1 is 1.33 bits per heavy atom. The predicted octanol–water partition coefficient (Wildman–Crippen LogP) is 2.99. The summed E-state index contributed by atoms with van der Waals surface area (Å²) in [5.74, 6) is 1.51. The molecule has 0 aliphatic carbocycles. The second kappa shape index (κ2) is 4.98. The van der Waals surface area contributed by atoms with E-state index in [9.17, 15) is 0 Å². The third-order valence-corrected chi connectivity index (χ3v) is 3.04. The molecule has 0 radical (unpaired) electrons. The number of aryl methyl sites for hydroxylation is 2. The molecule has 0 aliphatic heterocycles. The molecule has 1 aromatic heterocycles. The molecule has 0 saturated carbocycles. The fraction of sp³-hybridized carbons (Fsp3) is 0.385. The van der Waals surface area contributed by atoms with Gasteiger partial charge < -0.3 is 4.90 Å². The van der Waals surface area contributed by atoms with Gasteiger partial charge in [-0.1, -0.05) is 23.2 Å². The molecule has 0 unspecified atom stereocenters. The Kier molecular flexibility index (Phi) is 3.57. The van der Waals surface area contributed by atoms with Gasteiger partial charge in [0.1, 0.15) is 0 Å². The summed E-state index contributed by atoms with van der Waals surface area (Å²) in [5.41, 5.74) is 2.03. The van der Waals surface area contributed by atoms with Gasteiger partial charge in [0, 0.05) is 26.2 Å². The Bertz CT molecular complexity index is 560. The van der Waals surface area contributed by atoms with Gasteiger partial charge >= 0.3 is 0 Å². The van der Waals surface area contributed by atoms with Crippen molar-refractivity contribution < 1.29 is 0 Å². The molecule has 1 aromatic carbocycles. The van der Waals surface area contributed by atoms with E-state index < -0.39 is 0 Å². The van der Waals surface area contributed by atoms with Crippen LogP contribution in [0.2, 0.25) is 5.02 Å². The van der Waals surface area contributed by atoms with Crippen LogP contribution in [0.4, 0.5) is 5.95 Å². The Hall–Kier alpha value is -1.55. The highest BCUT2D eigenvalue weighted by Crippen LogP contribution is 2.27. The van der Waals surface area contributed by atoms with E-state index in [0.717, 1.165) is 23.6 Å². The van der Waals surface area contributed by atoms with Crippen LogP contribution in [0.1, 0.15) is 12.5 Å². The van der Waals surface area contributed by atoms with Crippen LogP contribution >= 0.6 is 11.6 Å². The maximum Gasteiger partial charge on any atom is 0.223 e. The van der Waals surface area contributed by atoms with Gasteiger partial charge in [-0.15, -0.1) is 5.10 Å². The van der Waals surface area contributed by atoms with Crippen LogP contribution in [0.25, 0.3) is 11.4 Å². The van der Waals surface area contributed by atoms with Crippen molar-refractivity contribution in [2.45, 2.75) is 20.4 Å². The monoisotopic (exact) mass is 264 g/mol. The summed E-state index contributed by atoms with van der Waals surface area (Å²) in [6.45, 7) is 4.86. The standard InChI is InChI=1S/C13H17ClN4/c1-5-18-13(17(3)4)15-12(16-18)10-8-9(2)6-7-11(10)14/h6-8H,5H2,1-4H3. The molecule has 0 aliphatic rings. The molecule has 2 rings (SSSR count). The van der Waals surface area contributed by atoms with Crippen LogP contribution in [0.3, 0.4) is 0 Å². The van der Waals surface area contributed by atoms with Gasteiger partial charge in [0.25, 0.3) is 0 Å². The van der Waals surface area contributed by atoms with Crippen molar-refractivity contribution in [3.63, 3.8) is 0 Å². The Morgan fingerprint density at radius 3 is 2.61 bits per heavy atom. The molecular weight excluding hydrogens is 248 g/mol. The third-order valence-electron chi connectivity index (χ3n) is 2.71. The summed E-state index contributed by atoms with van der Waals surface area (Å²) in [7, 11) is 3.91. The maximum absolute atomic E-state index is 6.21. The zero-order chi connectivity index (χ0) is 13.3. The van der Waals surface area contributed by atoms with Gasteiger partial charge in [-0.2, -0.15) is 4.98 Å². The van der Waals surface area contributed by atoms with Gasteiger partial charge in [0.15, 0.2) is 5.82 Å². The first-order valence-corrected chi connectivity index (χ1v) is 6.29. The number of benzene rings is 1. The molecule has 1 heterocycles. The number of rotatable bonds is 3. The maximum atomic E-state index is 6.21. The highest BCUT2D eigenvalue weighted by Gasteiger charge is 2.14. The molecule has 4 nitrogen and oxygen atoms in total. The van der Waals surface area contributed by atoms with Crippen molar-refractivity contribution in [3.05, 3.63) is 28.8 Å². The van der Waals surface area contributed by atoms with Crippen molar-refractivity contribution in [1.82, 2.24) is 14.8 Å². The Balaban J connectivity index is 2.54. The fourth-order valence-electron chi connectivity index (χ4n) is 1.80. The molecule has 0 bridgehead atoms. The zero-order valence-electron chi connectivity index (χ0n) is 11.1. The quantitative estimate of drug-likeness (QED) is 0.855. The molecule has 0 fully saturated rings. The SMILES string of the molecule is CCn1nc(-c2cc(C)ccc2Cl)nc1N(C)C. The normalized spacial score (nSPS) is 10.7.